The van der Waals surface area contributed by atoms with Gasteiger partial charge >= 0.3 is 12.2 Å². The van der Waals surface area contributed by atoms with Crippen LogP contribution in [0.5, 0.6) is 5.75 Å². The molecule has 1 unspecified atom stereocenters. The molecular formula is C21H24N4O7S. The molecule has 3 N–H and O–H groups in total. The molecule has 0 heterocycles. The van der Waals surface area contributed by atoms with Crippen LogP contribution in [-0.2, 0) is 25.1 Å². The van der Waals surface area contributed by atoms with Crippen LogP contribution in [-0.4, -0.2) is 49.6 Å². The number of carbonyl (C=O) groups excluding carboxylic acids is 3. The van der Waals surface area contributed by atoms with Crippen LogP contribution >= 0.6 is 0 Å². The molecule has 0 aliphatic heterocycles. The number of anilines is 1. The third-order valence-electron chi connectivity index (χ3n) is 4.08. The zero-order valence-corrected chi connectivity index (χ0v) is 19.3. The second-order valence-electron chi connectivity index (χ2n) is 6.22. The quantitative estimate of drug-likeness (QED) is 0.429. The number of alkyl carbamates (subject to hydrolysis) is 2. The topological polar surface area (TPSA) is 144 Å². The molecule has 11 nitrogen and oxygen atoms in total. The van der Waals surface area contributed by atoms with Crippen molar-refractivity contribution in [1.82, 2.24) is 10.6 Å². The van der Waals surface area contributed by atoms with Gasteiger partial charge < -0.3 is 19.5 Å². The first kappa shape index (κ1) is 25.3. The molecule has 176 valence electrons. The molecule has 0 radical (unpaired) electrons. The zero-order valence-electron chi connectivity index (χ0n) is 18.5. The number of ether oxygens (including phenoxy) is 3. The van der Waals surface area contributed by atoms with Crippen LogP contribution in [0.3, 0.4) is 0 Å². The Morgan fingerprint density at radius 2 is 1.58 bits per heavy atom. The normalized spacial score (nSPS) is 10.9. The lowest BCUT2D eigenvalue weighted by Crippen LogP contribution is -2.43. The number of nitrogens with one attached hydrogen (secondary N) is 3. The van der Waals surface area contributed by atoms with Gasteiger partial charge in [0.05, 0.1) is 43.5 Å². The van der Waals surface area contributed by atoms with Crippen molar-refractivity contribution < 1.29 is 32.8 Å². The fourth-order valence-electron chi connectivity index (χ4n) is 2.42. The van der Waals surface area contributed by atoms with Crippen molar-refractivity contribution in [3.8, 4) is 5.75 Å². The third kappa shape index (κ3) is 7.31. The molecule has 3 amide bonds. The van der Waals surface area contributed by atoms with Crippen LogP contribution in [0.4, 0.5) is 21.0 Å². The highest BCUT2D eigenvalue weighted by Crippen LogP contribution is 2.30. The van der Waals surface area contributed by atoms with E-state index in [2.05, 4.69) is 30.4 Å². The van der Waals surface area contributed by atoms with Crippen LogP contribution in [0.1, 0.15) is 13.3 Å². The summed E-state index contributed by atoms with van der Waals surface area (Å²) in [5.74, 6) is -0.0736. The molecule has 0 bridgehead atoms. The molecule has 2 aromatic carbocycles. The maximum Gasteiger partial charge on any atom is 0.413 e. The first-order valence-corrected chi connectivity index (χ1v) is 10.7. The van der Waals surface area contributed by atoms with Gasteiger partial charge in [-0.05, 0) is 36.4 Å². The van der Waals surface area contributed by atoms with E-state index in [9.17, 15) is 18.6 Å². The molecule has 0 aromatic heterocycles. The van der Waals surface area contributed by atoms with E-state index in [4.69, 9.17) is 4.74 Å². The summed E-state index contributed by atoms with van der Waals surface area (Å²) in [6.45, 7) is 1.67. The van der Waals surface area contributed by atoms with Gasteiger partial charge in [-0.15, -0.1) is 0 Å². The zero-order chi connectivity index (χ0) is 24.4. The van der Waals surface area contributed by atoms with E-state index in [1.807, 2.05) is 0 Å². The Labute approximate surface area is 193 Å². The van der Waals surface area contributed by atoms with Crippen molar-refractivity contribution in [3.63, 3.8) is 0 Å². The largest absolute Gasteiger partial charge is 0.497 e. The van der Waals surface area contributed by atoms with Crippen molar-refractivity contribution in [3.05, 3.63) is 42.5 Å². The summed E-state index contributed by atoms with van der Waals surface area (Å²) >= 11 is 0. The minimum Gasteiger partial charge on any atom is -0.497 e. The van der Waals surface area contributed by atoms with Gasteiger partial charge in [0.15, 0.2) is 0 Å². The molecule has 0 fully saturated rings. The van der Waals surface area contributed by atoms with Crippen LogP contribution in [0.15, 0.2) is 57.2 Å². The van der Waals surface area contributed by atoms with Crippen LogP contribution in [0.25, 0.3) is 0 Å². The second kappa shape index (κ2) is 12.2. The van der Waals surface area contributed by atoms with Gasteiger partial charge in [-0.25, -0.2) is 18.8 Å². The summed E-state index contributed by atoms with van der Waals surface area (Å²) in [6.07, 6.45) is -1.60. The highest BCUT2D eigenvalue weighted by Gasteiger charge is 2.15. The predicted octanol–water partition coefficient (Wildman–Crippen LogP) is 2.91. The van der Waals surface area contributed by atoms with E-state index >= 15 is 0 Å². The lowest BCUT2D eigenvalue weighted by molar-refractivity contribution is -0.115. The Kier molecular flexibility index (Phi) is 9.36. The Morgan fingerprint density at radius 1 is 0.939 bits per heavy atom. The molecule has 0 aliphatic rings. The Hall–Kier alpha value is -3.93. The minimum atomic E-state index is -1.59. The van der Waals surface area contributed by atoms with Crippen LogP contribution < -0.4 is 20.7 Å². The summed E-state index contributed by atoms with van der Waals surface area (Å²) in [5.41, 5.74) is 0.387. The van der Waals surface area contributed by atoms with Crippen molar-refractivity contribution in [2.24, 2.45) is 4.99 Å². The highest BCUT2D eigenvalue weighted by atomic mass is 32.2. The Balaban J connectivity index is 2.51. The average molecular weight is 477 g/mol. The van der Waals surface area contributed by atoms with E-state index in [1.165, 1.54) is 19.2 Å². The molecule has 0 spiro atoms. The number of hydrogen-bond acceptors (Lipinski definition) is 8. The molecule has 0 saturated heterocycles. The lowest BCUT2D eigenvalue weighted by Gasteiger charge is -2.13. The van der Waals surface area contributed by atoms with E-state index in [0.717, 1.165) is 14.2 Å². The number of benzene rings is 2. The molecule has 1 atom stereocenters. The number of carbonyl (C=O) groups is 3. The second-order valence-corrected chi connectivity index (χ2v) is 7.70. The fourth-order valence-corrected chi connectivity index (χ4v) is 3.54. The standard InChI is InChI=1S/C21H24N4O7S/c1-5-18(26)22-17-12-15(33(29)14-8-6-7-13(11-14)30-2)9-10-16(17)23-19(24-20(27)31-3)25-21(28)32-4/h6-12H,5H2,1-4H3,(H,22,26)(H2,23,24,25,27,28). The maximum absolute atomic E-state index is 13.1. The third-order valence-corrected chi connectivity index (χ3v) is 5.44. The number of guanidine groups is 1. The molecule has 33 heavy (non-hydrogen) atoms. The Morgan fingerprint density at radius 3 is 2.15 bits per heavy atom. The summed E-state index contributed by atoms with van der Waals surface area (Å²) in [6, 6.07) is 11.3. The number of rotatable bonds is 6. The van der Waals surface area contributed by atoms with Gasteiger partial charge in [0.1, 0.15) is 5.75 Å². The van der Waals surface area contributed by atoms with E-state index in [0.29, 0.717) is 15.5 Å². The summed E-state index contributed by atoms with van der Waals surface area (Å²) in [4.78, 5) is 40.4. The number of methoxy groups -OCH3 is 3. The van der Waals surface area contributed by atoms with Gasteiger partial charge in [-0.2, -0.15) is 0 Å². The van der Waals surface area contributed by atoms with E-state index in [1.54, 1.807) is 37.3 Å². The maximum atomic E-state index is 13.1. The van der Waals surface area contributed by atoms with Gasteiger partial charge in [-0.1, -0.05) is 13.0 Å². The monoisotopic (exact) mass is 476 g/mol. The summed E-state index contributed by atoms with van der Waals surface area (Å²) < 4.78 is 27.3. The SMILES string of the molecule is CCC(=O)Nc1cc(S(=O)c2cccc(OC)c2)ccc1N=C(NC(=O)OC)NC(=O)OC. The van der Waals surface area contributed by atoms with Crippen molar-refractivity contribution in [2.75, 3.05) is 26.6 Å². The van der Waals surface area contributed by atoms with Crippen LogP contribution in [0, 0.1) is 0 Å². The molecule has 0 saturated carbocycles. The molecule has 2 rings (SSSR count). The van der Waals surface area contributed by atoms with Crippen LogP contribution in [0.2, 0.25) is 0 Å². The molecule has 0 aliphatic carbocycles. The number of amides is 3. The summed E-state index contributed by atoms with van der Waals surface area (Å²) in [7, 11) is 2.20. The fraction of sp³-hybridized carbons (Fsp3) is 0.238. The summed E-state index contributed by atoms with van der Waals surface area (Å²) in [5, 5.41) is 7.16. The van der Waals surface area contributed by atoms with Gasteiger partial charge in [-0.3, -0.25) is 15.4 Å². The number of aliphatic imine (C=N–C) groups is 1. The minimum absolute atomic E-state index is 0.172. The smallest absolute Gasteiger partial charge is 0.413 e. The van der Waals surface area contributed by atoms with Crippen molar-refractivity contribution >= 4 is 46.2 Å². The van der Waals surface area contributed by atoms with E-state index < -0.39 is 23.0 Å². The van der Waals surface area contributed by atoms with Crippen molar-refractivity contribution in [2.45, 2.75) is 23.1 Å². The molecule has 2 aromatic rings. The molecular weight excluding hydrogens is 452 g/mol. The van der Waals surface area contributed by atoms with Gasteiger partial charge in [0.2, 0.25) is 11.9 Å². The lowest BCUT2D eigenvalue weighted by atomic mass is 10.2. The van der Waals surface area contributed by atoms with Gasteiger partial charge in [0.25, 0.3) is 0 Å². The van der Waals surface area contributed by atoms with Crippen molar-refractivity contribution in [1.29, 1.82) is 0 Å². The van der Waals surface area contributed by atoms with E-state index in [-0.39, 0.29) is 29.7 Å². The number of nitrogens with zero attached hydrogens (tertiary/aromatic N) is 1. The first-order chi connectivity index (χ1) is 15.8. The predicted molar refractivity (Wildman–Crippen MR) is 121 cm³/mol. The Bertz CT molecular complexity index is 1070. The first-order valence-electron chi connectivity index (χ1n) is 9.59. The highest BCUT2D eigenvalue weighted by molar-refractivity contribution is 7.85. The molecule has 12 heteroatoms. The number of hydrogen-bond donors (Lipinski definition) is 3. The van der Waals surface area contributed by atoms with Gasteiger partial charge in [0, 0.05) is 16.2 Å². The average Bonchev–Trinajstić information content (AvgIpc) is 2.84.